The fourth-order valence-electron chi connectivity index (χ4n) is 3.06. The normalized spacial score (nSPS) is 18.3. The van der Waals surface area contributed by atoms with Gasteiger partial charge in [0.25, 0.3) is 0 Å². The van der Waals surface area contributed by atoms with Crippen molar-refractivity contribution in [1.29, 1.82) is 0 Å². The number of hydrogen-bond acceptors (Lipinski definition) is 4. The Labute approximate surface area is 148 Å². The van der Waals surface area contributed by atoms with Gasteiger partial charge in [0.1, 0.15) is 0 Å². The number of aryl methyl sites for hydroxylation is 1. The molecule has 3 aromatic rings. The number of nitrogens with one attached hydrogen (secondary N) is 1. The number of rotatable bonds is 5. The van der Waals surface area contributed by atoms with Crippen LogP contribution in [0.15, 0.2) is 41.4 Å². The fraction of sp³-hybridized carbons (Fsp3) is 0.412. The molecule has 1 aliphatic heterocycles. The minimum atomic E-state index is 0.481. The smallest absolute Gasteiger partial charge is 0.0804 e. The Morgan fingerprint density at radius 2 is 2.17 bits per heavy atom. The third kappa shape index (κ3) is 3.38. The van der Waals surface area contributed by atoms with Crippen LogP contribution < -0.4 is 5.32 Å². The number of ether oxygens (including phenoxy) is 1. The molecule has 0 aromatic carbocycles. The molecule has 0 aliphatic carbocycles. The first-order valence-electron chi connectivity index (χ1n) is 8.26. The first-order chi connectivity index (χ1) is 11.8. The summed E-state index contributed by atoms with van der Waals surface area (Å²) in [5, 5.41) is 12.3. The van der Waals surface area contributed by atoms with E-state index in [0.717, 1.165) is 60.3 Å². The molecular formula is C17H20BrN5O. The molecule has 1 saturated heterocycles. The van der Waals surface area contributed by atoms with Crippen molar-refractivity contribution >= 4 is 21.4 Å². The van der Waals surface area contributed by atoms with Crippen LogP contribution in [0.2, 0.25) is 0 Å². The second-order valence-electron chi connectivity index (χ2n) is 6.10. The highest BCUT2D eigenvalue weighted by Gasteiger charge is 2.12. The molecule has 1 atom stereocenters. The molecule has 0 radical (unpaired) electrons. The molecule has 3 aromatic heterocycles. The van der Waals surface area contributed by atoms with Crippen molar-refractivity contribution in [3.8, 4) is 11.1 Å². The summed E-state index contributed by atoms with van der Waals surface area (Å²) in [6.45, 7) is 3.54. The van der Waals surface area contributed by atoms with E-state index in [0.29, 0.717) is 6.04 Å². The van der Waals surface area contributed by atoms with E-state index in [2.05, 4.69) is 49.8 Å². The Kier molecular flexibility index (Phi) is 4.64. The molecule has 1 unspecified atom stereocenters. The summed E-state index contributed by atoms with van der Waals surface area (Å²) in [4.78, 5) is 0. The van der Waals surface area contributed by atoms with Gasteiger partial charge in [-0.1, -0.05) is 6.07 Å². The van der Waals surface area contributed by atoms with Gasteiger partial charge in [0.05, 0.1) is 35.6 Å². The van der Waals surface area contributed by atoms with E-state index in [4.69, 9.17) is 4.74 Å². The van der Waals surface area contributed by atoms with Crippen LogP contribution in [-0.2, 0) is 11.3 Å². The third-order valence-electron chi connectivity index (χ3n) is 4.37. The Bertz CT molecular complexity index is 821. The second-order valence-corrected chi connectivity index (χ2v) is 6.95. The van der Waals surface area contributed by atoms with Crippen molar-refractivity contribution in [3.63, 3.8) is 0 Å². The van der Waals surface area contributed by atoms with Gasteiger partial charge in [-0.25, -0.2) is 4.52 Å². The zero-order valence-corrected chi connectivity index (χ0v) is 14.9. The second kappa shape index (κ2) is 7.04. The molecule has 0 bridgehead atoms. The number of morpholine rings is 1. The van der Waals surface area contributed by atoms with Gasteiger partial charge in [0.15, 0.2) is 0 Å². The maximum atomic E-state index is 5.49. The number of nitrogens with zero attached hydrogens (tertiary/aromatic N) is 4. The highest BCUT2D eigenvalue weighted by atomic mass is 79.9. The van der Waals surface area contributed by atoms with Crippen LogP contribution in [0.25, 0.3) is 16.6 Å². The third-order valence-corrected chi connectivity index (χ3v) is 4.98. The average Bonchev–Trinajstić information content (AvgIpc) is 3.23. The van der Waals surface area contributed by atoms with E-state index in [-0.39, 0.29) is 0 Å². The van der Waals surface area contributed by atoms with Crippen LogP contribution in [-0.4, -0.2) is 45.2 Å². The van der Waals surface area contributed by atoms with E-state index in [1.807, 2.05) is 27.8 Å². The molecule has 0 saturated carbocycles. The van der Waals surface area contributed by atoms with Gasteiger partial charge in [0, 0.05) is 42.7 Å². The molecular weight excluding hydrogens is 370 g/mol. The summed E-state index contributed by atoms with van der Waals surface area (Å²) in [6, 6.07) is 4.65. The summed E-state index contributed by atoms with van der Waals surface area (Å²) in [5.41, 5.74) is 3.29. The molecule has 24 heavy (non-hydrogen) atoms. The fourth-order valence-corrected chi connectivity index (χ4v) is 3.47. The lowest BCUT2D eigenvalue weighted by Crippen LogP contribution is -2.41. The highest BCUT2D eigenvalue weighted by molar-refractivity contribution is 9.10. The van der Waals surface area contributed by atoms with Crippen LogP contribution in [0.3, 0.4) is 0 Å². The molecule has 7 heteroatoms. The Balaban J connectivity index is 1.39. The van der Waals surface area contributed by atoms with Gasteiger partial charge >= 0.3 is 0 Å². The zero-order chi connectivity index (χ0) is 16.4. The van der Waals surface area contributed by atoms with Crippen molar-refractivity contribution < 1.29 is 4.74 Å². The predicted molar refractivity (Wildman–Crippen MR) is 96.0 cm³/mol. The lowest BCUT2D eigenvalue weighted by molar-refractivity contribution is 0.0731. The Hall–Kier alpha value is -1.70. The van der Waals surface area contributed by atoms with Gasteiger partial charge in [-0.3, -0.25) is 4.68 Å². The summed E-state index contributed by atoms with van der Waals surface area (Å²) < 4.78 is 10.4. The number of halogens is 1. The number of aromatic nitrogens is 4. The van der Waals surface area contributed by atoms with Crippen molar-refractivity contribution in [2.24, 2.45) is 0 Å². The van der Waals surface area contributed by atoms with Crippen molar-refractivity contribution in [2.75, 3.05) is 19.8 Å². The Morgan fingerprint density at radius 3 is 3.04 bits per heavy atom. The van der Waals surface area contributed by atoms with Crippen LogP contribution in [0, 0.1) is 0 Å². The lowest BCUT2D eigenvalue weighted by atomic mass is 10.1. The van der Waals surface area contributed by atoms with E-state index in [1.165, 1.54) is 0 Å². The van der Waals surface area contributed by atoms with Crippen LogP contribution >= 0.6 is 15.9 Å². The first kappa shape index (κ1) is 15.8. The van der Waals surface area contributed by atoms with E-state index in [9.17, 15) is 0 Å². The number of pyridine rings is 1. The SMILES string of the molecule is Brc1cnn2cc(-c3cnn(CCCC4COCCN4)c3)ccc12. The van der Waals surface area contributed by atoms with Crippen LogP contribution in [0.1, 0.15) is 12.8 Å². The maximum Gasteiger partial charge on any atom is 0.0804 e. The van der Waals surface area contributed by atoms with Crippen LogP contribution in [0.5, 0.6) is 0 Å². The molecule has 1 fully saturated rings. The van der Waals surface area contributed by atoms with E-state index < -0.39 is 0 Å². The largest absolute Gasteiger partial charge is 0.379 e. The van der Waals surface area contributed by atoms with Crippen molar-refractivity contribution in [2.45, 2.75) is 25.4 Å². The van der Waals surface area contributed by atoms with Gasteiger partial charge in [-0.05, 0) is 34.8 Å². The van der Waals surface area contributed by atoms with Gasteiger partial charge in [-0.15, -0.1) is 0 Å². The van der Waals surface area contributed by atoms with E-state index in [1.54, 1.807) is 0 Å². The summed E-state index contributed by atoms with van der Waals surface area (Å²) in [7, 11) is 0. The summed E-state index contributed by atoms with van der Waals surface area (Å²) in [5.74, 6) is 0. The molecule has 4 rings (SSSR count). The molecule has 0 amide bonds. The molecule has 1 N–H and O–H groups in total. The van der Waals surface area contributed by atoms with Gasteiger partial charge in [0.2, 0.25) is 0 Å². The molecule has 4 heterocycles. The predicted octanol–water partition coefficient (Wildman–Crippen LogP) is 2.73. The molecule has 6 nitrogen and oxygen atoms in total. The molecule has 126 valence electrons. The Morgan fingerprint density at radius 1 is 1.21 bits per heavy atom. The lowest BCUT2D eigenvalue weighted by Gasteiger charge is -2.23. The maximum absolute atomic E-state index is 5.49. The van der Waals surface area contributed by atoms with Crippen LogP contribution in [0.4, 0.5) is 0 Å². The highest BCUT2D eigenvalue weighted by Crippen LogP contribution is 2.23. The summed E-state index contributed by atoms with van der Waals surface area (Å²) >= 11 is 3.50. The van der Waals surface area contributed by atoms with Crippen molar-refractivity contribution in [1.82, 2.24) is 24.7 Å². The zero-order valence-electron chi connectivity index (χ0n) is 13.4. The monoisotopic (exact) mass is 389 g/mol. The first-order valence-corrected chi connectivity index (χ1v) is 9.06. The minimum Gasteiger partial charge on any atom is -0.379 e. The molecule has 0 spiro atoms. The van der Waals surface area contributed by atoms with Crippen molar-refractivity contribution in [3.05, 3.63) is 41.4 Å². The quantitative estimate of drug-likeness (QED) is 0.728. The molecule has 1 aliphatic rings. The summed E-state index contributed by atoms with van der Waals surface area (Å²) in [6.07, 6.45) is 10.1. The number of fused-ring (bicyclic) bond motifs is 1. The average molecular weight is 390 g/mol. The topological polar surface area (TPSA) is 56.4 Å². The van der Waals surface area contributed by atoms with Gasteiger partial charge < -0.3 is 10.1 Å². The number of hydrogen-bond donors (Lipinski definition) is 1. The standard InChI is InChI=1S/C17H20BrN5O/c18-16-9-21-23-11-13(3-4-17(16)23)14-8-20-22(10-14)6-1-2-15-12-24-7-5-19-15/h3-4,8-11,15,19H,1-2,5-7,12H2. The van der Waals surface area contributed by atoms with E-state index >= 15 is 0 Å². The van der Waals surface area contributed by atoms with Gasteiger partial charge in [-0.2, -0.15) is 10.2 Å². The minimum absolute atomic E-state index is 0.481.